The fraction of sp³-hybridized carbons (Fsp3) is 0.182. The lowest BCUT2D eigenvalue weighted by atomic mass is 10.2. The van der Waals surface area contributed by atoms with Crippen molar-refractivity contribution in [2.75, 3.05) is 0 Å². The smallest absolute Gasteiger partial charge is 0.291 e. The van der Waals surface area contributed by atoms with Crippen molar-refractivity contribution >= 4 is 44.7 Å². The van der Waals surface area contributed by atoms with Crippen molar-refractivity contribution in [2.45, 2.75) is 12.6 Å². The van der Waals surface area contributed by atoms with Crippen LogP contribution in [0, 0.1) is 0 Å². The number of hydrogen-bond donors (Lipinski definition) is 0. The molecule has 0 radical (unpaired) electrons. The molecule has 1 aromatic carbocycles. The topological polar surface area (TPSA) is 47.0 Å². The maximum atomic E-state index is 12.0. The third kappa shape index (κ3) is 3.10. The molecule has 100 valence electrons. The number of thiazole rings is 1. The van der Waals surface area contributed by atoms with E-state index in [2.05, 4.69) is 4.98 Å². The van der Waals surface area contributed by atoms with Crippen LogP contribution in [0.15, 0.2) is 18.2 Å². The highest BCUT2D eigenvalue weighted by Gasteiger charge is 2.39. The minimum absolute atomic E-state index is 0.130. The Hall–Kier alpha value is -1.47. The highest BCUT2D eigenvalue weighted by Crippen LogP contribution is 2.27. The Bertz CT molecular complexity index is 665. The van der Waals surface area contributed by atoms with E-state index in [0.29, 0.717) is 15.2 Å². The fourth-order valence-corrected chi connectivity index (χ4v) is 2.52. The van der Waals surface area contributed by atoms with Crippen LogP contribution in [0.5, 0.6) is 0 Å². The van der Waals surface area contributed by atoms with Gasteiger partial charge in [0.05, 0.1) is 16.6 Å². The van der Waals surface area contributed by atoms with Gasteiger partial charge in [-0.15, -0.1) is 11.3 Å². The highest BCUT2D eigenvalue weighted by molar-refractivity contribution is 7.20. The van der Waals surface area contributed by atoms with Crippen LogP contribution in [0.4, 0.5) is 13.2 Å². The van der Waals surface area contributed by atoms with Gasteiger partial charge in [-0.2, -0.15) is 13.2 Å². The monoisotopic (exact) mass is 307 g/mol. The molecule has 0 bridgehead atoms. The number of ketones is 2. The van der Waals surface area contributed by atoms with Crippen LogP contribution in [0.25, 0.3) is 10.2 Å². The Labute approximate surface area is 114 Å². The van der Waals surface area contributed by atoms with Crippen molar-refractivity contribution < 1.29 is 22.8 Å². The first-order valence-corrected chi connectivity index (χ1v) is 6.16. The van der Waals surface area contributed by atoms with Crippen LogP contribution in [-0.2, 0) is 4.79 Å². The standard InChI is InChI=1S/C11H5ClF3NO2S/c12-5-1-2-6-8(3-5)19-10(16-6)7(17)4-9(18)11(13,14)15/h1-3H,4H2. The van der Waals surface area contributed by atoms with Gasteiger partial charge in [0.2, 0.25) is 5.78 Å². The molecule has 8 heteroatoms. The van der Waals surface area contributed by atoms with Crippen LogP contribution in [0.3, 0.4) is 0 Å². The molecule has 2 aromatic rings. The number of carbonyl (C=O) groups is 2. The van der Waals surface area contributed by atoms with Crippen LogP contribution in [0.2, 0.25) is 5.02 Å². The molecule has 1 aromatic heterocycles. The minimum Gasteiger partial charge on any atom is -0.291 e. The van der Waals surface area contributed by atoms with Crippen molar-refractivity contribution in [3.8, 4) is 0 Å². The number of alkyl halides is 3. The Kier molecular flexibility index (Phi) is 3.60. The first-order valence-electron chi connectivity index (χ1n) is 4.96. The minimum atomic E-state index is -5.00. The maximum Gasteiger partial charge on any atom is 0.450 e. The summed E-state index contributed by atoms with van der Waals surface area (Å²) in [7, 11) is 0. The second kappa shape index (κ2) is 4.90. The third-order valence-corrected chi connectivity index (χ3v) is 3.52. The average molecular weight is 308 g/mol. The van der Waals surface area contributed by atoms with Crippen LogP contribution in [0.1, 0.15) is 16.2 Å². The molecule has 0 unspecified atom stereocenters. The summed E-state index contributed by atoms with van der Waals surface area (Å²) in [6.45, 7) is 0. The molecule has 0 atom stereocenters. The van der Waals surface area contributed by atoms with Gasteiger partial charge in [-0.1, -0.05) is 11.6 Å². The molecule has 0 fully saturated rings. The first kappa shape index (κ1) is 14.0. The van der Waals surface area contributed by atoms with E-state index in [9.17, 15) is 22.8 Å². The summed E-state index contributed by atoms with van der Waals surface area (Å²) in [4.78, 5) is 26.2. The molecule has 0 spiro atoms. The summed E-state index contributed by atoms with van der Waals surface area (Å²) in [6.07, 6.45) is -6.23. The van der Waals surface area contributed by atoms with Crippen molar-refractivity contribution in [1.82, 2.24) is 4.98 Å². The highest BCUT2D eigenvalue weighted by atomic mass is 35.5. The van der Waals surface area contributed by atoms with E-state index < -0.39 is 24.2 Å². The van der Waals surface area contributed by atoms with Crippen LogP contribution in [-0.4, -0.2) is 22.7 Å². The van der Waals surface area contributed by atoms with Gasteiger partial charge in [0, 0.05) is 5.02 Å². The molecule has 0 N–H and O–H groups in total. The van der Waals surface area contributed by atoms with Gasteiger partial charge >= 0.3 is 6.18 Å². The molecule has 19 heavy (non-hydrogen) atoms. The van der Waals surface area contributed by atoms with Crippen molar-refractivity contribution in [2.24, 2.45) is 0 Å². The number of carbonyl (C=O) groups excluding carboxylic acids is 2. The van der Waals surface area contributed by atoms with E-state index in [0.717, 1.165) is 11.3 Å². The van der Waals surface area contributed by atoms with Crippen molar-refractivity contribution in [3.05, 3.63) is 28.2 Å². The zero-order valence-corrected chi connectivity index (χ0v) is 10.7. The Morgan fingerprint density at radius 2 is 2.00 bits per heavy atom. The summed E-state index contributed by atoms with van der Waals surface area (Å²) in [5.41, 5.74) is 0.456. The van der Waals surface area contributed by atoms with Gasteiger partial charge in [-0.3, -0.25) is 9.59 Å². The second-order valence-corrected chi connectivity index (χ2v) is 5.12. The van der Waals surface area contributed by atoms with E-state index >= 15 is 0 Å². The molecule has 3 nitrogen and oxygen atoms in total. The molecule has 0 amide bonds. The second-order valence-electron chi connectivity index (χ2n) is 3.65. The molecule has 0 saturated carbocycles. The van der Waals surface area contributed by atoms with Crippen molar-refractivity contribution in [3.63, 3.8) is 0 Å². The lowest BCUT2D eigenvalue weighted by Gasteiger charge is -2.02. The largest absolute Gasteiger partial charge is 0.450 e. The number of hydrogen-bond acceptors (Lipinski definition) is 4. The van der Waals surface area contributed by atoms with E-state index in [-0.39, 0.29) is 5.01 Å². The van der Waals surface area contributed by atoms with Gasteiger partial charge in [-0.25, -0.2) is 4.98 Å². The summed E-state index contributed by atoms with van der Waals surface area (Å²) < 4.78 is 36.7. The number of benzene rings is 1. The van der Waals surface area contributed by atoms with Gasteiger partial charge in [0.1, 0.15) is 0 Å². The predicted molar refractivity (Wildman–Crippen MR) is 64.6 cm³/mol. The third-order valence-electron chi connectivity index (χ3n) is 2.23. The molecule has 1 heterocycles. The van der Waals surface area contributed by atoms with E-state index in [1.54, 1.807) is 18.2 Å². The zero-order valence-electron chi connectivity index (χ0n) is 9.12. The summed E-state index contributed by atoms with van der Waals surface area (Å²) in [5.74, 6) is -3.02. The number of Topliss-reactive ketones (excluding diaryl/α,β-unsaturated/α-hetero) is 2. The van der Waals surface area contributed by atoms with Crippen molar-refractivity contribution in [1.29, 1.82) is 0 Å². The molecule has 0 aliphatic rings. The van der Waals surface area contributed by atoms with Crippen LogP contribution < -0.4 is 0 Å². The lowest BCUT2D eigenvalue weighted by Crippen LogP contribution is -2.25. The normalized spacial score (nSPS) is 11.8. The maximum absolute atomic E-state index is 12.0. The molecule has 2 rings (SSSR count). The van der Waals surface area contributed by atoms with Crippen LogP contribution >= 0.6 is 22.9 Å². The van der Waals surface area contributed by atoms with E-state index in [1.165, 1.54) is 0 Å². The average Bonchev–Trinajstić information content (AvgIpc) is 2.70. The number of aromatic nitrogens is 1. The lowest BCUT2D eigenvalue weighted by molar-refractivity contribution is -0.170. The summed E-state index contributed by atoms with van der Waals surface area (Å²) in [6, 6.07) is 4.66. The Morgan fingerprint density at radius 1 is 1.32 bits per heavy atom. The summed E-state index contributed by atoms with van der Waals surface area (Å²) >= 11 is 6.65. The molecule has 0 saturated heterocycles. The van der Waals surface area contributed by atoms with Gasteiger partial charge < -0.3 is 0 Å². The number of nitrogens with zero attached hydrogens (tertiary/aromatic N) is 1. The number of rotatable bonds is 3. The van der Waals surface area contributed by atoms with E-state index in [4.69, 9.17) is 11.6 Å². The molecular weight excluding hydrogens is 303 g/mol. The van der Waals surface area contributed by atoms with Gasteiger partial charge in [0.25, 0.3) is 0 Å². The van der Waals surface area contributed by atoms with Gasteiger partial charge in [-0.05, 0) is 18.2 Å². The Balaban J connectivity index is 2.25. The van der Waals surface area contributed by atoms with Gasteiger partial charge in [0.15, 0.2) is 10.8 Å². The SMILES string of the molecule is O=C(CC(=O)C(F)(F)F)c1nc2ccc(Cl)cc2s1. The number of halogens is 4. The first-order chi connectivity index (χ1) is 8.77. The quantitative estimate of drug-likeness (QED) is 0.642. The molecule has 0 aliphatic heterocycles. The van der Waals surface area contributed by atoms with E-state index in [1.807, 2.05) is 0 Å². The molecule has 0 aliphatic carbocycles. The summed E-state index contributed by atoms with van der Waals surface area (Å²) in [5, 5.41) is 0.302. The fourth-order valence-electron chi connectivity index (χ4n) is 1.34. The zero-order chi connectivity index (χ0) is 14.2. The predicted octanol–water partition coefficient (Wildman–Crippen LogP) is 3.65. The number of fused-ring (bicyclic) bond motifs is 1. The Morgan fingerprint density at radius 3 is 2.63 bits per heavy atom. The molecular formula is C11H5ClF3NO2S.